The van der Waals surface area contributed by atoms with E-state index in [1.54, 1.807) is 18.0 Å². The van der Waals surface area contributed by atoms with Crippen LogP contribution in [-0.4, -0.2) is 17.0 Å². The number of halogens is 1. The number of hydrogen-bond acceptors (Lipinski definition) is 3. The first kappa shape index (κ1) is 18.1. The van der Waals surface area contributed by atoms with Crippen LogP contribution in [-0.2, 0) is 11.3 Å². The normalized spacial score (nSPS) is 11.6. The molecule has 0 saturated carbocycles. The second-order valence-corrected chi connectivity index (χ2v) is 6.73. The van der Waals surface area contributed by atoms with Gasteiger partial charge in [-0.3, -0.25) is 9.69 Å². The van der Waals surface area contributed by atoms with Crippen molar-refractivity contribution in [2.24, 2.45) is 0 Å². The summed E-state index contributed by atoms with van der Waals surface area (Å²) in [6, 6.07) is 22.8. The summed E-state index contributed by atoms with van der Waals surface area (Å²) in [4.78, 5) is 19.1. The summed E-state index contributed by atoms with van der Waals surface area (Å²) < 4.78 is 6.79. The molecule has 0 aliphatic rings. The van der Waals surface area contributed by atoms with Crippen molar-refractivity contribution in [3.63, 3.8) is 0 Å². The highest BCUT2D eigenvalue weighted by atomic mass is 79.9. The predicted octanol–water partition coefficient (Wildman–Crippen LogP) is 4.84. The zero-order chi connectivity index (χ0) is 18.4. The number of amides is 1. The highest BCUT2D eigenvalue weighted by Gasteiger charge is 2.24. The molecule has 2 aromatic carbocycles. The third-order valence-electron chi connectivity index (χ3n) is 3.85. The Kier molecular flexibility index (Phi) is 6.02. The fourth-order valence-electron chi connectivity index (χ4n) is 2.54. The van der Waals surface area contributed by atoms with Crippen LogP contribution in [0.3, 0.4) is 0 Å². The molecular weight excluding hydrogens is 392 g/mol. The Morgan fingerprint density at radius 3 is 2.38 bits per heavy atom. The van der Waals surface area contributed by atoms with E-state index in [0.29, 0.717) is 18.1 Å². The van der Waals surface area contributed by atoms with Gasteiger partial charge in [0.05, 0.1) is 6.54 Å². The Hall–Kier alpha value is -2.66. The molecule has 3 aromatic rings. The van der Waals surface area contributed by atoms with E-state index in [0.717, 1.165) is 10.0 Å². The Labute approximate surface area is 161 Å². The Bertz CT molecular complexity index is 839. The summed E-state index contributed by atoms with van der Waals surface area (Å²) in [6.45, 7) is 2.19. The molecule has 132 valence electrons. The molecule has 0 radical (unpaired) electrons. The summed E-state index contributed by atoms with van der Waals surface area (Å²) in [5.74, 6) is 1.11. The van der Waals surface area contributed by atoms with Crippen molar-refractivity contribution < 1.29 is 9.53 Å². The maximum absolute atomic E-state index is 13.1. The van der Waals surface area contributed by atoms with Crippen molar-refractivity contribution in [2.75, 3.05) is 4.90 Å². The molecular formula is C21H19BrN2O2. The average Bonchev–Trinajstić information content (AvgIpc) is 2.69. The van der Waals surface area contributed by atoms with E-state index in [1.165, 1.54) is 0 Å². The molecule has 1 aromatic heterocycles. The van der Waals surface area contributed by atoms with Gasteiger partial charge in [-0.05, 0) is 48.9 Å². The van der Waals surface area contributed by atoms with Gasteiger partial charge in [0.15, 0.2) is 6.10 Å². The second-order valence-electron chi connectivity index (χ2n) is 5.81. The molecule has 1 amide bonds. The van der Waals surface area contributed by atoms with E-state index in [1.807, 2.05) is 72.8 Å². The molecule has 1 atom stereocenters. The number of nitrogens with zero attached hydrogens (tertiary/aromatic N) is 2. The van der Waals surface area contributed by atoms with Crippen LogP contribution in [0.25, 0.3) is 0 Å². The fraction of sp³-hybridized carbons (Fsp3) is 0.143. The van der Waals surface area contributed by atoms with E-state index >= 15 is 0 Å². The number of aromatic nitrogens is 1. The second kappa shape index (κ2) is 8.63. The van der Waals surface area contributed by atoms with Gasteiger partial charge < -0.3 is 4.74 Å². The number of hydrogen-bond donors (Lipinski definition) is 0. The SMILES string of the molecule is C[C@@H](Oc1ccc(Br)cc1)C(=O)N(Cc1ccccc1)c1ccccn1. The van der Waals surface area contributed by atoms with Gasteiger partial charge in [-0.25, -0.2) is 4.98 Å². The first-order valence-electron chi connectivity index (χ1n) is 8.32. The lowest BCUT2D eigenvalue weighted by molar-refractivity contribution is -0.124. The molecule has 0 unspecified atom stereocenters. The van der Waals surface area contributed by atoms with Crippen molar-refractivity contribution in [1.29, 1.82) is 0 Å². The highest BCUT2D eigenvalue weighted by molar-refractivity contribution is 9.10. The van der Waals surface area contributed by atoms with Crippen LogP contribution in [0.5, 0.6) is 5.75 Å². The first-order valence-corrected chi connectivity index (χ1v) is 9.11. The minimum atomic E-state index is -0.637. The lowest BCUT2D eigenvalue weighted by Gasteiger charge is -2.25. The van der Waals surface area contributed by atoms with Crippen molar-refractivity contribution in [3.8, 4) is 5.75 Å². The molecule has 0 aliphatic heterocycles. The van der Waals surface area contributed by atoms with Crippen molar-refractivity contribution >= 4 is 27.7 Å². The summed E-state index contributed by atoms with van der Waals surface area (Å²) >= 11 is 3.39. The van der Waals surface area contributed by atoms with Crippen LogP contribution in [0.15, 0.2) is 83.5 Å². The predicted molar refractivity (Wildman–Crippen MR) is 106 cm³/mol. The summed E-state index contributed by atoms with van der Waals surface area (Å²) in [5.41, 5.74) is 1.03. The van der Waals surface area contributed by atoms with E-state index in [2.05, 4.69) is 20.9 Å². The molecule has 0 fully saturated rings. The lowest BCUT2D eigenvalue weighted by Crippen LogP contribution is -2.40. The van der Waals surface area contributed by atoms with Gasteiger partial charge in [0.1, 0.15) is 11.6 Å². The smallest absolute Gasteiger partial charge is 0.269 e. The monoisotopic (exact) mass is 410 g/mol. The first-order chi connectivity index (χ1) is 12.6. The largest absolute Gasteiger partial charge is 0.481 e. The summed E-state index contributed by atoms with van der Waals surface area (Å²) in [7, 11) is 0. The highest BCUT2D eigenvalue weighted by Crippen LogP contribution is 2.20. The fourth-order valence-corrected chi connectivity index (χ4v) is 2.80. The molecule has 1 heterocycles. The van der Waals surface area contributed by atoms with Crippen molar-refractivity contribution in [1.82, 2.24) is 4.98 Å². The Morgan fingerprint density at radius 1 is 1.04 bits per heavy atom. The van der Waals surface area contributed by atoms with Gasteiger partial charge in [-0.15, -0.1) is 0 Å². The van der Waals surface area contributed by atoms with E-state index in [-0.39, 0.29) is 5.91 Å². The molecule has 0 saturated heterocycles. The van der Waals surface area contributed by atoms with E-state index < -0.39 is 6.10 Å². The third kappa shape index (κ3) is 4.70. The molecule has 0 N–H and O–H groups in total. The minimum absolute atomic E-state index is 0.143. The number of rotatable bonds is 6. The number of carbonyl (C=O) groups is 1. The molecule has 3 rings (SSSR count). The van der Waals surface area contributed by atoms with Gasteiger partial charge in [0.2, 0.25) is 0 Å². The Morgan fingerprint density at radius 2 is 1.73 bits per heavy atom. The summed E-state index contributed by atoms with van der Waals surface area (Å²) in [6.07, 6.45) is 1.04. The van der Waals surface area contributed by atoms with E-state index in [9.17, 15) is 4.79 Å². The topological polar surface area (TPSA) is 42.4 Å². The van der Waals surface area contributed by atoms with Crippen LogP contribution < -0.4 is 9.64 Å². The lowest BCUT2D eigenvalue weighted by atomic mass is 10.2. The van der Waals surface area contributed by atoms with Gasteiger partial charge in [0, 0.05) is 10.7 Å². The van der Waals surface area contributed by atoms with Gasteiger partial charge in [0.25, 0.3) is 5.91 Å². The van der Waals surface area contributed by atoms with Crippen LogP contribution in [0, 0.1) is 0 Å². The van der Waals surface area contributed by atoms with Crippen molar-refractivity contribution in [3.05, 3.63) is 89.0 Å². The standard InChI is InChI=1S/C21H19BrN2O2/c1-16(26-19-12-10-18(22)11-13-19)21(25)24(20-9-5-6-14-23-20)15-17-7-3-2-4-8-17/h2-14,16H,15H2,1H3/t16-/m1/s1. The molecule has 0 spiro atoms. The quantitative estimate of drug-likeness (QED) is 0.583. The summed E-state index contributed by atoms with van der Waals surface area (Å²) in [5, 5.41) is 0. The van der Waals surface area contributed by atoms with Gasteiger partial charge >= 0.3 is 0 Å². The molecule has 0 aliphatic carbocycles. The number of anilines is 1. The molecule has 26 heavy (non-hydrogen) atoms. The number of pyridine rings is 1. The molecule has 5 heteroatoms. The third-order valence-corrected chi connectivity index (χ3v) is 4.38. The van der Waals surface area contributed by atoms with Crippen LogP contribution in [0.1, 0.15) is 12.5 Å². The Balaban J connectivity index is 1.80. The van der Waals surface area contributed by atoms with Crippen LogP contribution in [0.4, 0.5) is 5.82 Å². The zero-order valence-electron chi connectivity index (χ0n) is 14.4. The zero-order valence-corrected chi connectivity index (χ0v) is 16.0. The maximum atomic E-state index is 13.1. The molecule has 4 nitrogen and oxygen atoms in total. The number of benzene rings is 2. The molecule has 0 bridgehead atoms. The van der Waals surface area contributed by atoms with Gasteiger partial charge in [-0.2, -0.15) is 0 Å². The van der Waals surface area contributed by atoms with E-state index in [4.69, 9.17) is 4.74 Å². The number of carbonyl (C=O) groups excluding carboxylic acids is 1. The average molecular weight is 411 g/mol. The van der Waals surface area contributed by atoms with Crippen LogP contribution >= 0.6 is 15.9 Å². The van der Waals surface area contributed by atoms with Crippen LogP contribution in [0.2, 0.25) is 0 Å². The number of ether oxygens (including phenoxy) is 1. The maximum Gasteiger partial charge on any atom is 0.269 e. The minimum Gasteiger partial charge on any atom is -0.481 e. The van der Waals surface area contributed by atoms with Crippen molar-refractivity contribution in [2.45, 2.75) is 19.6 Å². The van der Waals surface area contributed by atoms with Gasteiger partial charge in [-0.1, -0.05) is 52.3 Å².